The van der Waals surface area contributed by atoms with E-state index >= 15 is 0 Å². The second-order valence-corrected chi connectivity index (χ2v) is 5.13. The van der Waals surface area contributed by atoms with E-state index in [1.807, 2.05) is 0 Å². The molecular weight excluding hydrogens is 228 g/mol. The number of fused-ring (bicyclic) bond motifs is 1. The van der Waals surface area contributed by atoms with E-state index in [1.54, 1.807) is 0 Å². The molecule has 2 aliphatic rings. The highest BCUT2D eigenvalue weighted by atomic mass is 16.1. The van der Waals surface area contributed by atoms with E-state index < -0.39 is 0 Å². The first-order valence-electron chi connectivity index (χ1n) is 6.86. The van der Waals surface area contributed by atoms with Crippen LogP contribution in [-0.2, 0) is 24.2 Å². The van der Waals surface area contributed by atoms with Gasteiger partial charge in [0.1, 0.15) is 5.82 Å². The van der Waals surface area contributed by atoms with Crippen LogP contribution in [0.4, 0.5) is 0 Å². The summed E-state index contributed by atoms with van der Waals surface area (Å²) in [6.07, 6.45) is 3.72. The lowest BCUT2D eigenvalue weighted by Crippen LogP contribution is -2.26. The van der Waals surface area contributed by atoms with Crippen LogP contribution in [0.15, 0.2) is 0 Å². The van der Waals surface area contributed by atoms with Crippen molar-refractivity contribution in [1.82, 2.24) is 20.2 Å². The molecule has 1 atom stereocenters. The van der Waals surface area contributed by atoms with Crippen molar-refractivity contribution in [2.45, 2.75) is 45.2 Å². The molecule has 2 N–H and O–H groups in total. The maximum atomic E-state index is 11.4. The maximum Gasteiger partial charge on any atom is 0.222 e. The Hall–Kier alpha value is -1.36. The van der Waals surface area contributed by atoms with Crippen molar-refractivity contribution in [3.63, 3.8) is 0 Å². The third-order valence-corrected chi connectivity index (χ3v) is 3.79. The van der Waals surface area contributed by atoms with Gasteiger partial charge in [0.15, 0.2) is 0 Å². The summed E-state index contributed by atoms with van der Waals surface area (Å²) in [5.74, 6) is 1.33. The molecule has 3 heterocycles. The molecule has 0 aromatic carbocycles. The van der Waals surface area contributed by atoms with Gasteiger partial charge >= 0.3 is 0 Å². The smallest absolute Gasteiger partial charge is 0.222 e. The van der Waals surface area contributed by atoms with Crippen molar-refractivity contribution >= 4 is 5.91 Å². The largest absolute Gasteiger partial charge is 0.354 e. The second-order valence-electron chi connectivity index (χ2n) is 5.13. The number of carbonyl (C=O) groups excluding carboxylic acids is 1. The first-order chi connectivity index (χ1) is 8.79. The Morgan fingerprint density at radius 3 is 3.11 bits per heavy atom. The van der Waals surface area contributed by atoms with Gasteiger partial charge in [-0.25, -0.2) is 4.98 Å². The van der Waals surface area contributed by atoms with Gasteiger partial charge in [0.05, 0.1) is 11.7 Å². The molecule has 0 spiro atoms. The molecule has 0 radical (unpaired) electrons. The van der Waals surface area contributed by atoms with Crippen LogP contribution < -0.4 is 10.6 Å². The van der Waals surface area contributed by atoms with Crippen LogP contribution in [0.25, 0.3) is 0 Å². The highest BCUT2D eigenvalue weighted by Gasteiger charge is 2.29. The van der Waals surface area contributed by atoms with Crippen LogP contribution in [0.3, 0.4) is 0 Å². The molecule has 1 fully saturated rings. The van der Waals surface area contributed by atoms with Gasteiger partial charge in [-0.2, -0.15) is 0 Å². The maximum absolute atomic E-state index is 11.4. The lowest BCUT2D eigenvalue weighted by Gasteiger charge is -2.20. The van der Waals surface area contributed by atoms with Crippen LogP contribution in [0.1, 0.15) is 43.0 Å². The van der Waals surface area contributed by atoms with Crippen molar-refractivity contribution in [2.75, 3.05) is 13.1 Å². The van der Waals surface area contributed by atoms with Gasteiger partial charge in [0, 0.05) is 44.6 Å². The van der Waals surface area contributed by atoms with E-state index in [0.717, 1.165) is 44.7 Å². The molecular formula is C13H20N4O. The number of hydrogen-bond donors (Lipinski definition) is 2. The SMILES string of the molecule is CCCc1nc2c(n1C1CNC(=O)C1)CCNC2. The van der Waals surface area contributed by atoms with Gasteiger partial charge in [-0.05, 0) is 6.42 Å². The Bertz CT molecular complexity index is 466. The second kappa shape index (κ2) is 4.72. The summed E-state index contributed by atoms with van der Waals surface area (Å²) in [6.45, 7) is 4.81. The van der Waals surface area contributed by atoms with E-state index in [-0.39, 0.29) is 11.9 Å². The zero-order valence-corrected chi connectivity index (χ0v) is 10.8. The molecule has 5 heteroatoms. The van der Waals surface area contributed by atoms with E-state index in [9.17, 15) is 4.79 Å². The van der Waals surface area contributed by atoms with Gasteiger partial charge in [-0.15, -0.1) is 0 Å². The summed E-state index contributed by atoms with van der Waals surface area (Å²) >= 11 is 0. The molecule has 3 rings (SSSR count). The van der Waals surface area contributed by atoms with E-state index in [1.165, 1.54) is 11.4 Å². The summed E-state index contributed by atoms with van der Waals surface area (Å²) in [5, 5.41) is 6.30. The summed E-state index contributed by atoms with van der Waals surface area (Å²) in [5.41, 5.74) is 2.53. The molecule has 18 heavy (non-hydrogen) atoms. The van der Waals surface area contributed by atoms with Crippen LogP contribution in [-0.4, -0.2) is 28.5 Å². The van der Waals surface area contributed by atoms with Crippen LogP contribution >= 0.6 is 0 Å². The Morgan fingerprint density at radius 1 is 1.50 bits per heavy atom. The molecule has 1 aromatic rings. The standard InChI is InChI=1S/C13H20N4O/c1-2-3-12-16-10-8-14-5-4-11(10)17(12)9-6-13(18)15-7-9/h9,14H,2-8H2,1H3,(H,15,18). The Kier molecular flexibility index (Phi) is 3.07. The number of aromatic nitrogens is 2. The van der Waals surface area contributed by atoms with Crippen LogP contribution in [0, 0.1) is 0 Å². The Balaban J connectivity index is 1.98. The highest BCUT2D eigenvalue weighted by molar-refractivity contribution is 5.78. The Morgan fingerprint density at radius 2 is 2.39 bits per heavy atom. The van der Waals surface area contributed by atoms with Gasteiger partial charge in [-0.3, -0.25) is 4.79 Å². The lowest BCUT2D eigenvalue weighted by atomic mass is 10.1. The minimum Gasteiger partial charge on any atom is -0.354 e. The fourth-order valence-corrected chi connectivity index (χ4v) is 2.99. The quantitative estimate of drug-likeness (QED) is 0.821. The van der Waals surface area contributed by atoms with Gasteiger partial charge in [0.2, 0.25) is 5.91 Å². The van der Waals surface area contributed by atoms with Crippen molar-refractivity contribution in [3.05, 3.63) is 17.2 Å². The van der Waals surface area contributed by atoms with E-state index in [2.05, 4.69) is 22.1 Å². The van der Waals surface area contributed by atoms with Crippen molar-refractivity contribution in [1.29, 1.82) is 0 Å². The molecule has 1 saturated heterocycles. The summed E-state index contributed by atoms with van der Waals surface area (Å²) in [7, 11) is 0. The van der Waals surface area contributed by atoms with Crippen molar-refractivity contribution in [3.8, 4) is 0 Å². The number of hydrogen-bond acceptors (Lipinski definition) is 3. The zero-order valence-electron chi connectivity index (χ0n) is 10.8. The minimum atomic E-state index is 0.166. The monoisotopic (exact) mass is 248 g/mol. The molecule has 1 aromatic heterocycles. The molecule has 0 saturated carbocycles. The van der Waals surface area contributed by atoms with Crippen LogP contribution in [0.2, 0.25) is 0 Å². The molecule has 5 nitrogen and oxygen atoms in total. The number of aryl methyl sites for hydroxylation is 1. The normalized spacial score (nSPS) is 22.9. The average molecular weight is 248 g/mol. The number of rotatable bonds is 3. The van der Waals surface area contributed by atoms with Crippen molar-refractivity contribution < 1.29 is 4.79 Å². The number of carbonyl (C=O) groups is 1. The van der Waals surface area contributed by atoms with Gasteiger partial charge in [0.25, 0.3) is 0 Å². The van der Waals surface area contributed by atoms with Crippen LogP contribution in [0.5, 0.6) is 0 Å². The Labute approximate surface area is 107 Å². The van der Waals surface area contributed by atoms with Gasteiger partial charge < -0.3 is 15.2 Å². The highest BCUT2D eigenvalue weighted by Crippen LogP contribution is 2.26. The molecule has 1 unspecified atom stereocenters. The average Bonchev–Trinajstić information content (AvgIpc) is 2.92. The third-order valence-electron chi connectivity index (χ3n) is 3.79. The molecule has 0 aliphatic carbocycles. The van der Waals surface area contributed by atoms with E-state index in [0.29, 0.717) is 6.42 Å². The zero-order chi connectivity index (χ0) is 12.5. The molecule has 1 amide bonds. The molecule has 2 aliphatic heterocycles. The first-order valence-corrected chi connectivity index (χ1v) is 6.86. The molecule has 98 valence electrons. The van der Waals surface area contributed by atoms with Gasteiger partial charge in [-0.1, -0.05) is 6.92 Å². The summed E-state index contributed by atoms with van der Waals surface area (Å²) < 4.78 is 2.34. The number of imidazole rings is 1. The lowest BCUT2D eigenvalue weighted by molar-refractivity contribution is -0.119. The number of amides is 1. The summed E-state index contributed by atoms with van der Waals surface area (Å²) in [4.78, 5) is 16.2. The fraction of sp³-hybridized carbons (Fsp3) is 0.692. The predicted octanol–water partition coefficient (Wildman–Crippen LogP) is 0.542. The number of nitrogens with zero attached hydrogens (tertiary/aromatic N) is 2. The summed E-state index contributed by atoms with van der Waals surface area (Å²) in [6, 6.07) is 0.272. The molecule has 0 bridgehead atoms. The third kappa shape index (κ3) is 1.92. The first kappa shape index (κ1) is 11.7. The minimum absolute atomic E-state index is 0.166. The topological polar surface area (TPSA) is 59.0 Å². The number of nitrogens with one attached hydrogen (secondary N) is 2. The van der Waals surface area contributed by atoms with Crippen molar-refractivity contribution in [2.24, 2.45) is 0 Å². The fourth-order valence-electron chi connectivity index (χ4n) is 2.99. The van der Waals surface area contributed by atoms with E-state index in [4.69, 9.17) is 4.98 Å². The predicted molar refractivity (Wildman–Crippen MR) is 68.3 cm³/mol.